The highest BCUT2D eigenvalue weighted by atomic mass is 16.5. The minimum Gasteiger partial charge on any atom is -0.479 e. The van der Waals surface area contributed by atoms with Crippen LogP contribution in [-0.4, -0.2) is 69.2 Å². The first-order chi connectivity index (χ1) is 14.1. The molecule has 1 amide bonds. The average molecular weight is 422 g/mol. The molecule has 13 heteroatoms. The predicted octanol–water partition coefficient (Wildman–Crippen LogP) is -2.22. The summed E-state index contributed by atoms with van der Waals surface area (Å²) in [5.41, 5.74) is 16.0. The van der Waals surface area contributed by atoms with E-state index < -0.39 is 42.0 Å². The molecule has 30 heavy (non-hydrogen) atoms. The number of carbonyl (C=O) groups excluding carboxylic acids is 1. The first-order valence-electron chi connectivity index (χ1n) is 9.10. The van der Waals surface area contributed by atoms with E-state index in [0.29, 0.717) is 13.0 Å². The lowest BCUT2D eigenvalue weighted by atomic mass is 10.1. The van der Waals surface area contributed by atoms with E-state index in [9.17, 15) is 19.5 Å². The lowest BCUT2D eigenvalue weighted by molar-refractivity contribution is -0.159. The number of anilines is 1. The van der Waals surface area contributed by atoms with Crippen LogP contribution in [0, 0.1) is 5.41 Å². The summed E-state index contributed by atoms with van der Waals surface area (Å²) in [6, 6.07) is -0.0702. The molecule has 0 aromatic carbocycles. The summed E-state index contributed by atoms with van der Waals surface area (Å²) in [6.45, 7) is 0.403. The Kier molecular flexibility index (Phi) is 7.49. The number of nitrogens with two attached hydrogens (primary N) is 3. The van der Waals surface area contributed by atoms with Crippen LogP contribution in [0.25, 0.3) is 0 Å². The summed E-state index contributed by atoms with van der Waals surface area (Å²) in [4.78, 5) is 40.9. The van der Waals surface area contributed by atoms with Crippen LogP contribution in [0.5, 0.6) is 0 Å². The number of carbonyl (C=O) groups is 2. The summed E-state index contributed by atoms with van der Waals surface area (Å²) in [5.74, 6) is -1.84. The molecule has 2 rings (SSSR count). The van der Waals surface area contributed by atoms with Gasteiger partial charge in [0.15, 0.2) is 18.3 Å². The number of rotatable bonds is 8. The zero-order valence-corrected chi connectivity index (χ0v) is 16.4. The van der Waals surface area contributed by atoms with Gasteiger partial charge in [-0.2, -0.15) is 4.98 Å². The normalized spacial score (nSPS) is 21.6. The number of hydrogen-bond acceptors (Lipinski definition) is 8. The number of hydrogen-bond donors (Lipinski definition) is 6. The van der Waals surface area contributed by atoms with Crippen molar-refractivity contribution in [2.24, 2.45) is 11.5 Å². The molecule has 164 valence electrons. The minimum atomic E-state index is -1.42. The van der Waals surface area contributed by atoms with Gasteiger partial charge in [-0.3, -0.25) is 14.8 Å². The molecule has 1 unspecified atom stereocenters. The molecule has 1 aromatic heterocycles. The molecule has 0 radical (unpaired) electrons. The van der Waals surface area contributed by atoms with Gasteiger partial charge in [0.2, 0.25) is 5.91 Å². The largest absolute Gasteiger partial charge is 0.479 e. The van der Waals surface area contributed by atoms with Gasteiger partial charge in [-0.15, -0.1) is 0 Å². The standard InChI is InChI=1S/C17H26N8O5/c1-24(16(20)21)6-4-9(18)8-12(26)22-10-2-3-13(30-14(10)15(27)28)25-7-5-11(19)23-17(25)29/h2-3,5,7,9-10,13-14H,4,6,8,18H2,1H3,(H3,20,21)(H,22,26)(H,27,28)(H2,19,23,29)/t9?,10-,13-,14-/m0/s1. The van der Waals surface area contributed by atoms with E-state index in [4.69, 9.17) is 27.3 Å². The summed E-state index contributed by atoms with van der Waals surface area (Å²) in [6.07, 6.45) is 2.17. The third-order valence-corrected chi connectivity index (χ3v) is 4.49. The Morgan fingerprint density at radius 3 is 2.77 bits per heavy atom. The second-order valence-electron chi connectivity index (χ2n) is 6.87. The Labute approximate surface area is 172 Å². The molecule has 2 heterocycles. The Morgan fingerprint density at radius 2 is 2.17 bits per heavy atom. The Bertz CT molecular complexity index is 885. The fraction of sp³-hybridized carbons (Fsp3) is 0.471. The van der Waals surface area contributed by atoms with Gasteiger partial charge in [0, 0.05) is 32.3 Å². The minimum absolute atomic E-state index is 0.0294. The molecule has 1 aliphatic heterocycles. The van der Waals surface area contributed by atoms with Crippen LogP contribution < -0.4 is 28.2 Å². The van der Waals surface area contributed by atoms with E-state index in [2.05, 4.69) is 10.3 Å². The van der Waals surface area contributed by atoms with Crippen LogP contribution in [0.1, 0.15) is 19.1 Å². The van der Waals surface area contributed by atoms with Crippen molar-refractivity contribution in [2.45, 2.75) is 37.3 Å². The number of amides is 1. The predicted molar refractivity (Wildman–Crippen MR) is 107 cm³/mol. The first kappa shape index (κ1) is 22.8. The van der Waals surface area contributed by atoms with E-state index >= 15 is 0 Å². The van der Waals surface area contributed by atoms with Crippen LogP contribution in [0.3, 0.4) is 0 Å². The smallest absolute Gasteiger partial charge is 0.351 e. The third-order valence-electron chi connectivity index (χ3n) is 4.49. The van der Waals surface area contributed by atoms with Gasteiger partial charge in [-0.25, -0.2) is 9.59 Å². The topological polar surface area (TPSA) is 216 Å². The van der Waals surface area contributed by atoms with Crippen LogP contribution in [0.4, 0.5) is 5.82 Å². The molecule has 9 N–H and O–H groups in total. The van der Waals surface area contributed by atoms with Crippen molar-refractivity contribution in [1.82, 2.24) is 19.8 Å². The van der Waals surface area contributed by atoms with Crippen molar-refractivity contribution in [2.75, 3.05) is 19.3 Å². The quantitative estimate of drug-likeness (QED) is 0.151. The number of aromatic nitrogens is 2. The van der Waals surface area contributed by atoms with Crippen LogP contribution in [0.2, 0.25) is 0 Å². The van der Waals surface area contributed by atoms with E-state index in [1.165, 1.54) is 29.3 Å². The van der Waals surface area contributed by atoms with Crippen molar-refractivity contribution >= 4 is 23.7 Å². The van der Waals surface area contributed by atoms with Crippen molar-refractivity contribution in [3.8, 4) is 0 Å². The van der Waals surface area contributed by atoms with Gasteiger partial charge >= 0.3 is 11.7 Å². The second-order valence-corrected chi connectivity index (χ2v) is 6.87. The molecule has 1 aromatic rings. The number of aliphatic carboxylic acids is 1. The summed E-state index contributed by atoms with van der Waals surface area (Å²) in [7, 11) is 1.63. The molecule has 0 saturated carbocycles. The highest BCUT2D eigenvalue weighted by Gasteiger charge is 2.35. The number of ether oxygens (including phenoxy) is 1. The number of guanidine groups is 1. The van der Waals surface area contributed by atoms with Gasteiger partial charge in [-0.05, 0) is 18.6 Å². The molecule has 13 nitrogen and oxygen atoms in total. The number of nitrogen functional groups attached to an aromatic ring is 1. The lowest BCUT2D eigenvalue weighted by Crippen LogP contribution is -2.51. The van der Waals surface area contributed by atoms with Crippen LogP contribution in [-0.2, 0) is 14.3 Å². The Hall–Kier alpha value is -3.45. The van der Waals surface area contributed by atoms with Crippen molar-refractivity contribution in [3.05, 3.63) is 34.9 Å². The van der Waals surface area contributed by atoms with Crippen LogP contribution >= 0.6 is 0 Å². The van der Waals surface area contributed by atoms with Crippen LogP contribution in [0.15, 0.2) is 29.2 Å². The van der Waals surface area contributed by atoms with E-state index in [-0.39, 0.29) is 18.2 Å². The molecular weight excluding hydrogens is 396 g/mol. The summed E-state index contributed by atoms with van der Waals surface area (Å²) < 4.78 is 6.57. The molecule has 1 aliphatic rings. The summed E-state index contributed by atoms with van der Waals surface area (Å²) in [5, 5.41) is 19.4. The van der Waals surface area contributed by atoms with Crippen molar-refractivity contribution in [3.63, 3.8) is 0 Å². The molecule has 0 saturated heterocycles. The number of nitrogens with one attached hydrogen (secondary N) is 2. The van der Waals surface area contributed by atoms with Crippen molar-refractivity contribution in [1.29, 1.82) is 5.41 Å². The van der Waals surface area contributed by atoms with Gasteiger partial charge < -0.3 is 37.3 Å². The van der Waals surface area contributed by atoms with E-state index in [1.807, 2.05) is 0 Å². The molecule has 0 aliphatic carbocycles. The van der Waals surface area contributed by atoms with E-state index in [1.54, 1.807) is 7.05 Å². The van der Waals surface area contributed by atoms with Gasteiger partial charge in [0.25, 0.3) is 0 Å². The molecule has 0 fully saturated rings. The first-order valence-corrected chi connectivity index (χ1v) is 9.10. The average Bonchev–Trinajstić information content (AvgIpc) is 2.66. The zero-order chi connectivity index (χ0) is 22.4. The molecule has 4 atom stereocenters. The fourth-order valence-corrected chi connectivity index (χ4v) is 2.77. The third kappa shape index (κ3) is 6.02. The fourth-order valence-electron chi connectivity index (χ4n) is 2.77. The molecular formula is C17H26N8O5. The maximum absolute atomic E-state index is 12.3. The van der Waals surface area contributed by atoms with Gasteiger partial charge in [-0.1, -0.05) is 6.08 Å². The number of carboxylic acid groups (broad SMARTS) is 1. The molecule has 0 spiro atoms. The Balaban J connectivity index is 2.01. The van der Waals surface area contributed by atoms with Gasteiger partial charge in [0.1, 0.15) is 5.82 Å². The lowest BCUT2D eigenvalue weighted by Gasteiger charge is -2.31. The maximum atomic E-state index is 12.3. The van der Waals surface area contributed by atoms with Gasteiger partial charge in [0.05, 0.1) is 6.04 Å². The Morgan fingerprint density at radius 1 is 1.47 bits per heavy atom. The SMILES string of the molecule is CN(CCC(N)CC(=O)N[C@H]1C=C[C@@H](n2ccc(N)nc2=O)O[C@@H]1C(=O)O)C(=N)N. The zero-order valence-electron chi connectivity index (χ0n) is 16.4. The number of nitrogens with zero attached hydrogens (tertiary/aromatic N) is 3. The van der Waals surface area contributed by atoms with Crippen molar-refractivity contribution < 1.29 is 19.4 Å². The summed E-state index contributed by atoms with van der Waals surface area (Å²) >= 11 is 0. The number of carboxylic acids is 1. The van der Waals surface area contributed by atoms with E-state index in [0.717, 1.165) is 4.57 Å². The highest BCUT2D eigenvalue weighted by molar-refractivity contribution is 5.80. The maximum Gasteiger partial charge on any atom is 0.351 e. The molecule has 0 bridgehead atoms. The highest BCUT2D eigenvalue weighted by Crippen LogP contribution is 2.20. The monoisotopic (exact) mass is 422 g/mol. The second kappa shape index (κ2) is 9.84.